The lowest BCUT2D eigenvalue weighted by Crippen LogP contribution is -1.82. The van der Waals surface area contributed by atoms with E-state index in [1.165, 1.54) is 15.8 Å². The third kappa shape index (κ3) is 1.63. The fraction of sp³-hybridized carbons (Fsp3) is 0.300. The molecule has 0 fully saturated rings. The predicted molar refractivity (Wildman–Crippen MR) is 61.7 cm³/mol. The summed E-state index contributed by atoms with van der Waals surface area (Å²) in [5, 5.41) is 2.02. The molecule has 0 aliphatic heterocycles. The number of benzene rings is 1. The Morgan fingerprint density at radius 1 is 1.38 bits per heavy atom. The van der Waals surface area contributed by atoms with Crippen LogP contribution in [0.5, 0.6) is 0 Å². The van der Waals surface area contributed by atoms with E-state index in [1.54, 1.807) is 11.3 Å². The Bertz CT molecular complexity index is 447. The van der Waals surface area contributed by atoms with E-state index in [4.69, 9.17) is 0 Å². The molecule has 3 heteroatoms. The molecule has 13 heavy (non-hydrogen) atoms. The van der Waals surface area contributed by atoms with Crippen molar-refractivity contribution in [1.29, 1.82) is 0 Å². The SMILES string of the molecule is Cc1cc(CBr)c2nc(C)sc2c1. The number of hydrogen-bond donors (Lipinski definition) is 0. The maximum atomic E-state index is 4.51. The van der Waals surface area contributed by atoms with Crippen LogP contribution in [0.25, 0.3) is 10.2 Å². The van der Waals surface area contributed by atoms with Gasteiger partial charge in [0.25, 0.3) is 0 Å². The molecule has 2 rings (SSSR count). The van der Waals surface area contributed by atoms with Crippen molar-refractivity contribution in [3.05, 3.63) is 28.3 Å². The minimum Gasteiger partial charge on any atom is -0.241 e. The summed E-state index contributed by atoms with van der Waals surface area (Å²) in [4.78, 5) is 4.51. The van der Waals surface area contributed by atoms with E-state index in [-0.39, 0.29) is 0 Å². The van der Waals surface area contributed by atoms with E-state index in [2.05, 4.69) is 46.9 Å². The molecular formula is C10H10BrNS. The van der Waals surface area contributed by atoms with Crippen LogP contribution in [0, 0.1) is 13.8 Å². The minimum absolute atomic E-state index is 0.883. The van der Waals surface area contributed by atoms with Gasteiger partial charge >= 0.3 is 0 Å². The molecule has 0 aliphatic carbocycles. The lowest BCUT2D eigenvalue weighted by molar-refractivity contribution is 1.31. The van der Waals surface area contributed by atoms with Crippen molar-refractivity contribution in [3.8, 4) is 0 Å². The van der Waals surface area contributed by atoms with Crippen molar-refractivity contribution in [2.24, 2.45) is 0 Å². The molecule has 2 aromatic rings. The van der Waals surface area contributed by atoms with Gasteiger partial charge in [-0.15, -0.1) is 11.3 Å². The van der Waals surface area contributed by atoms with Crippen molar-refractivity contribution in [2.45, 2.75) is 19.2 Å². The van der Waals surface area contributed by atoms with Crippen molar-refractivity contribution in [1.82, 2.24) is 4.98 Å². The molecule has 68 valence electrons. The molecule has 0 bridgehead atoms. The molecule has 0 N–H and O–H groups in total. The quantitative estimate of drug-likeness (QED) is 0.707. The maximum absolute atomic E-state index is 4.51. The average molecular weight is 256 g/mol. The lowest BCUT2D eigenvalue weighted by atomic mass is 10.1. The fourth-order valence-corrected chi connectivity index (χ4v) is 2.87. The number of rotatable bonds is 1. The van der Waals surface area contributed by atoms with Crippen LogP contribution in [0.3, 0.4) is 0 Å². The van der Waals surface area contributed by atoms with Gasteiger partial charge in [-0.2, -0.15) is 0 Å². The van der Waals surface area contributed by atoms with Gasteiger partial charge < -0.3 is 0 Å². The number of alkyl halides is 1. The van der Waals surface area contributed by atoms with Gasteiger partial charge in [0.1, 0.15) is 0 Å². The highest BCUT2D eigenvalue weighted by Gasteiger charge is 2.05. The summed E-state index contributed by atoms with van der Waals surface area (Å²) in [6, 6.07) is 4.39. The van der Waals surface area contributed by atoms with Gasteiger partial charge in [0, 0.05) is 5.33 Å². The number of hydrogen-bond acceptors (Lipinski definition) is 2. The summed E-state index contributed by atoms with van der Waals surface area (Å²) in [6.07, 6.45) is 0. The zero-order valence-corrected chi connectivity index (χ0v) is 10.00. The van der Waals surface area contributed by atoms with Gasteiger partial charge in [-0.25, -0.2) is 4.98 Å². The molecule has 1 aromatic heterocycles. The summed E-state index contributed by atoms with van der Waals surface area (Å²) >= 11 is 5.25. The molecule has 0 atom stereocenters. The van der Waals surface area contributed by atoms with Gasteiger partial charge in [-0.3, -0.25) is 0 Å². The first kappa shape index (κ1) is 9.16. The van der Waals surface area contributed by atoms with E-state index in [0.717, 1.165) is 15.9 Å². The van der Waals surface area contributed by atoms with E-state index < -0.39 is 0 Å². The number of fused-ring (bicyclic) bond motifs is 1. The molecule has 0 saturated carbocycles. The van der Waals surface area contributed by atoms with E-state index in [9.17, 15) is 0 Å². The Hall–Kier alpha value is -0.410. The van der Waals surface area contributed by atoms with Crippen LogP contribution in [0.2, 0.25) is 0 Å². The van der Waals surface area contributed by atoms with Crippen LogP contribution in [-0.2, 0) is 5.33 Å². The molecule has 0 unspecified atom stereocenters. The Morgan fingerprint density at radius 3 is 2.85 bits per heavy atom. The van der Waals surface area contributed by atoms with Gasteiger partial charge in [-0.1, -0.05) is 22.0 Å². The lowest BCUT2D eigenvalue weighted by Gasteiger charge is -1.98. The zero-order chi connectivity index (χ0) is 9.42. The van der Waals surface area contributed by atoms with E-state index in [1.807, 2.05) is 0 Å². The van der Waals surface area contributed by atoms with Gasteiger partial charge in [-0.05, 0) is 31.0 Å². The van der Waals surface area contributed by atoms with Crippen LogP contribution in [-0.4, -0.2) is 4.98 Å². The first-order chi connectivity index (χ1) is 6.20. The fourth-order valence-electron chi connectivity index (χ4n) is 1.46. The molecule has 1 heterocycles. The predicted octanol–water partition coefficient (Wildman–Crippen LogP) is 3.81. The Kier molecular flexibility index (Phi) is 2.39. The Balaban J connectivity index is 2.80. The highest BCUT2D eigenvalue weighted by molar-refractivity contribution is 9.08. The topological polar surface area (TPSA) is 12.9 Å². The maximum Gasteiger partial charge on any atom is 0.0907 e. The smallest absolute Gasteiger partial charge is 0.0907 e. The first-order valence-electron chi connectivity index (χ1n) is 4.13. The molecule has 0 aliphatic rings. The first-order valence-corrected chi connectivity index (χ1v) is 6.07. The largest absolute Gasteiger partial charge is 0.241 e. The summed E-state index contributed by atoms with van der Waals surface area (Å²) in [7, 11) is 0. The second-order valence-electron chi connectivity index (χ2n) is 3.14. The number of halogens is 1. The monoisotopic (exact) mass is 255 g/mol. The highest BCUT2D eigenvalue weighted by atomic mass is 79.9. The van der Waals surface area contributed by atoms with Crippen LogP contribution in [0.1, 0.15) is 16.1 Å². The van der Waals surface area contributed by atoms with Gasteiger partial charge in [0.05, 0.1) is 15.2 Å². The molecule has 0 saturated heterocycles. The van der Waals surface area contributed by atoms with Crippen molar-refractivity contribution < 1.29 is 0 Å². The highest BCUT2D eigenvalue weighted by Crippen LogP contribution is 2.27. The van der Waals surface area contributed by atoms with Crippen LogP contribution < -0.4 is 0 Å². The third-order valence-corrected chi connectivity index (χ3v) is 3.49. The van der Waals surface area contributed by atoms with Crippen molar-refractivity contribution >= 4 is 37.5 Å². The minimum atomic E-state index is 0.883. The molecular weight excluding hydrogens is 246 g/mol. The molecule has 1 nitrogen and oxygen atoms in total. The second kappa shape index (κ2) is 3.39. The average Bonchev–Trinajstić information content (AvgIpc) is 2.43. The summed E-state index contributed by atoms with van der Waals surface area (Å²) in [5.74, 6) is 0. The van der Waals surface area contributed by atoms with Crippen molar-refractivity contribution in [3.63, 3.8) is 0 Å². The van der Waals surface area contributed by atoms with Crippen LogP contribution >= 0.6 is 27.3 Å². The summed E-state index contributed by atoms with van der Waals surface area (Å²) in [6.45, 7) is 4.18. The normalized spacial score (nSPS) is 11.0. The van der Waals surface area contributed by atoms with Crippen molar-refractivity contribution in [2.75, 3.05) is 0 Å². The second-order valence-corrected chi connectivity index (χ2v) is 4.93. The molecule has 0 radical (unpaired) electrons. The number of nitrogens with zero attached hydrogens (tertiary/aromatic N) is 1. The van der Waals surface area contributed by atoms with Gasteiger partial charge in [0.15, 0.2) is 0 Å². The molecule has 0 amide bonds. The molecule has 0 spiro atoms. The Labute approximate surface area is 89.9 Å². The van der Waals surface area contributed by atoms with Crippen LogP contribution in [0.4, 0.5) is 0 Å². The molecule has 1 aromatic carbocycles. The number of aromatic nitrogens is 1. The zero-order valence-electron chi connectivity index (χ0n) is 7.60. The number of thiazole rings is 1. The summed E-state index contributed by atoms with van der Waals surface area (Å²) in [5.41, 5.74) is 3.76. The third-order valence-electron chi connectivity index (χ3n) is 1.97. The standard InChI is InChI=1S/C10H10BrNS/c1-6-3-8(5-11)10-9(4-6)13-7(2)12-10/h3-4H,5H2,1-2H3. The Morgan fingerprint density at radius 2 is 2.15 bits per heavy atom. The van der Waals surface area contributed by atoms with E-state index in [0.29, 0.717) is 0 Å². The number of aryl methyl sites for hydroxylation is 2. The van der Waals surface area contributed by atoms with Gasteiger partial charge in [0.2, 0.25) is 0 Å². The summed E-state index contributed by atoms with van der Waals surface area (Å²) < 4.78 is 1.30. The van der Waals surface area contributed by atoms with Crippen LogP contribution in [0.15, 0.2) is 12.1 Å². The van der Waals surface area contributed by atoms with E-state index >= 15 is 0 Å².